The van der Waals surface area contributed by atoms with Gasteiger partial charge < -0.3 is 4.57 Å². The molecule has 2 aromatic rings. The van der Waals surface area contributed by atoms with E-state index in [0.29, 0.717) is 12.6 Å². The van der Waals surface area contributed by atoms with Crippen LogP contribution in [0.4, 0.5) is 0 Å². The highest BCUT2D eigenvalue weighted by Gasteiger charge is 2.31. The number of hydrogen-bond donors (Lipinski definition) is 0. The lowest BCUT2D eigenvalue weighted by molar-refractivity contribution is 0.0973. The van der Waals surface area contributed by atoms with Gasteiger partial charge in [-0.1, -0.05) is 37.3 Å². The second kappa shape index (κ2) is 8.98. The molecule has 6 nitrogen and oxygen atoms in total. The lowest BCUT2D eigenvalue weighted by Gasteiger charge is -2.37. The Kier molecular flexibility index (Phi) is 6.37. The van der Waals surface area contributed by atoms with E-state index in [2.05, 4.69) is 26.9 Å². The molecule has 1 aromatic heterocycles. The number of nitrogens with zero attached hydrogens (tertiary/aromatic N) is 4. The van der Waals surface area contributed by atoms with Crippen molar-refractivity contribution in [3.63, 3.8) is 0 Å². The van der Waals surface area contributed by atoms with Crippen molar-refractivity contribution in [3.8, 4) is 0 Å². The van der Waals surface area contributed by atoms with Gasteiger partial charge in [-0.15, -0.1) is 0 Å². The predicted molar refractivity (Wildman–Crippen MR) is 115 cm³/mol. The quantitative estimate of drug-likeness (QED) is 0.662. The van der Waals surface area contributed by atoms with E-state index in [1.165, 1.54) is 24.9 Å². The Morgan fingerprint density at radius 2 is 1.97 bits per heavy atom. The third kappa shape index (κ3) is 4.73. The zero-order valence-electron chi connectivity index (χ0n) is 17.3. The minimum absolute atomic E-state index is 0.0862. The number of rotatable bonds is 8. The maximum Gasteiger partial charge on any atom is 0.227 e. The molecule has 0 spiro atoms. The summed E-state index contributed by atoms with van der Waals surface area (Å²) in [6.45, 7) is 7.62. The summed E-state index contributed by atoms with van der Waals surface area (Å²) in [5, 5.41) is 0.238. The number of piperazine rings is 1. The average Bonchev–Trinajstić information content (AvgIpc) is 3.36. The molecule has 0 amide bonds. The van der Waals surface area contributed by atoms with Crippen LogP contribution in [-0.4, -0.2) is 65.7 Å². The van der Waals surface area contributed by atoms with Crippen LogP contribution in [0.15, 0.2) is 41.7 Å². The maximum atomic E-state index is 12.6. The first kappa shape index (κ1) is 20.6. The van der Waals surface area contributed by atoms with E-state index >= 15 is 0 Å². The van der Waals surface area contributed by atoms with Crippen LogP contribution in [0, 0.1) is 0 Å². The molecule has 4 rings (SSSR count). The molecular formula is C22H32N4O2S. The molecule has 29 heavy (non-hydrogen) atoms. The van der Waals surface area contributed by atoms with E-state index in [0.717, 1.165) is 44.7 Å². The Bertz CT molecular complexity index is 910. The van der Waals surface area contributed by atoms with E-state index in [1.54, 1.807) is 13.1 Å². The molecule has 0 radical (unpaired) electrons. The summed E-state index contributed by atoms with van der Waals surface area (Å²) in [6, 6.07) is 11.0. The summed E-state index contributed by atoms with van der Waals surface area (Å²) < 4.78 is 27.2. The highest BCUT2D eigenvalue weighted by molar-refractivity contribution is 7.91. The minimum Gasteiger partial charge on any atom is -0.318 e. The minimum atomic E-state index is -3.33. The van der Waals surface area contributed by atoms with E-state index in [9.17, 15) is 8.42 Å². The first-order chi connectivity index (χ1) is 14.1. The summed E-state index contributed by atoms with van der Waals surface area (Å²) in [6.07, 6.45) is 6.20. The fraction of sp³-hybridized carbons (Fsp3) is 0.591. The van der Waals surface area contributed by atoms with Gasteiger partial charge in [-0.3, -0.25) is 9.80 Å². The van der Waals surface area contributed by atoms with E-state index in [-0.39, 0.29) is 10.9 Å². The normalized spacial score (nSPS) is 20.8. The number of benzene rings is 1. The van der Waals surface area contributed by atoms with Gasteiger partial charge in [0.25, 0.3) is 0 Å². The van der Waals surface area contributed by atoms with Gasteiger partial charge in [0.05, 0.1) is 17.6 Å². The average molecular weight is 417 g/mol. The highest BCUT2D eigenvalue weighted by Crippen LogP contribution is 2.23. The molecule has 2 aliphatic heterocycles. The van der Waals surface area contributed by atoms with Gasteiger partial charge in [0.15, 0.2) is 0 Å². The Morgan fingerprint density at radius 1 is 1.14 bits per heavy atom. The lowest BCUT2D eigenvalue weighted by atomic mass is 10.1. The Labute approximate surface area is 174 Å². The van der Waals surface area contributed by atoms with E-state index in [1.807, 2.05) is 22.8 Å². The van der Waals surface area contributed by atoms with Crippen molar-refractivity contribution in [3.05, 3.63) is 47.8 Å². The fourth-order valence-electron chi connectivity index (χ4n) is 4.65. The van der Waals surface area contributed by atoms with Crippen molar-refractivity contribution in [2.75, 3.05) is 31.9 Å². The topological polar surface area (TPSA) is 58.4 Å². The zero-order valence-corrected chi connectivity index (χ0v) is 18.1. The third-order valence-electron chi connectivity index (χ3n) is 6.31. The van der Waals surface area contributed by atoms with Gasteiger partial charge in [0.2, 0.25) is 15.0 Å². The molecule has 1 aromatic carbocycles. The highest BCUT2D eigenvalue weighted by atomic mass is 32.2. The second-order valence-corrected chi connectivity index (χ2v) is 10.4. The molecule has 1 atom stereocenters. The number of fused-ring (bicyclic) bond motifs is 1. The molecule has 7 heteroatoms. The van der Waals surface area contributed by atoms with Crippen LogP contribution >= 0.6 is 0 Å². The molecule has 0 saturated carbocycles. The van der Waals surface area contributed by atoms with Crippen LogP contribution in [0.5, 0.6) is 0 Å². The van der Waals surface area contributed by atoms with Crippen molar-refractivity contribution in [2.45, 2.75) is 56.9 Å². The maximum absolute atomic E-state index is 12.6. The van der Waals surface area contributed by atoms with Gasteiger partial charge in [0, 0.05) is 38.8 Å². The molecule has 1 unspecified atom stereocenters. The number of hydrogen-bond acceptors (Lipinski definition) is 5. The standard InChI is InChI=1S/C22H32N4O2S/c1-2-29(27,28)22-23-16-21(18-24-14-15-25-12-7-11-20(25)17-24)26(22)13-6-10-19-8-4-3-5-9-19/h3-5,8-9,16,20H,2,6-7,10-15,17-18H2,1H3. The molecule has 0 N–H and O–H groups in total. The second-order valence-electron chi connectivity index (χ2n) is 8.24. The number of sulfone groups is 1. The molecule has 158 valence electrons. The first-order valence-corrected chi connectivity index (χ1v) is 12.5. The SMILES string of the molecule is CCS(=O)(=O)c1ncc(CN2CCN3CCCC3C2)n1CCCc1ccccc1. The van der Waals surface area contributed by atoms with Crippen LogP contribution < -0.4 is 0 Å². The first-order valence-electron chi connectivity index (χ1n) is 10.8. The fourth-order valence-corrected chi connectivity index (χ4v) is 5.66. The Balaban J connectivity index is 1.48. The van der Waals surface area contributed by atoms with Crippen molar-refractivity contribution in [1.82, 2.24) is 19.4 Å². The van der Waals surface area contributed by atoms with Crippen LogP contribution in [0.25, 0.3) is 0 Å². The van der Waals surface area contributed by atoms with E-state index in [4.69, 9.17) is 0 Å². The summed E-state index contributed by atoms with van der Waals surface area (Å²) in [4.78, 5) is 9.42. The third-order valence-corrected chi connectivity index (χ3v) is 7.95. The molecule has 0 aliphatic carbocycles. The van der Waals surface area contributed by atoms with Crippen LogP contribution in [0.3, 0.4) is 0 Å². The lowest BCUT2D eigenvalue weighted by Crippen LogP contribution is -2.49. The summed E-state index contributed by atoms with van der Waals surface area (Å²) in [5.41, 5.74) is 2.31. The Hall–Kier alpha value is -1.70. The molecule has 2 aliphatic rings. The van der Waals surface area contributed by atoms with Gasteiger partial charge in [-0.05, 0) is 37.8 Å². The predicted octanol–water partition coefficient (Wildman–Crippen LogP) is 2.59. The Morgan fingerprint density at radius 3 is 2.76 bits per heavy atom. The summed E-state index contributed by atoms with van der Waals surface area (Å²) >= 11 is 0. The number of aromatic nitrogens is 2. The smallest absolute Gasteiger partial charge is 0.227 e. The molecule has 2 saturated heterocycles. The van der Waals surface area contributed by atoms with Crippen molar-refractivity contribution in [2.24, 2.45) is 0 Å². The monoisotopic (exact) mass is 416 g/mol. The van der Waals surface area contributed by atoms with Crippen molar-refractivity contribution < 1.29 is 8.42 Å². The molecular weight excluding hydrogens is 384 g/mol. The molecule has 2 fully saturated rings. The summed E-state index contributed by atoms with van der Waals surface area (Å²) in [7, 11) is -3.33. The summed E-state index contributed by atoms with van der Waals surface area (Å²) in [5.74, 6) is 0.0862. The number of aryl methyl sites for hydroxylation is 1. The van der Waals surface area contributed by atoms with Crippen molar-refractivity contribution >= 4 is 9.84 Å². The van der Waals surface area contributed by atoms with Gasteiger partial charge in [0.1, 0.15) is 0 Å². The van der Waals surface area contributed by atoms with Crippen molar-refractivity contribution in [1.29, 1.82) is 0 Å². The van der Waals surface area contributed by atoms with Crippen LogP contribution in [-0.2, 0) is 29.3 Å². The van der Waals surface area contributed by atoms with E-state index < -0.39 is 9.84 Å². The molecule has 0 bridgehead atoms. The van der Waals surface area contributed by atoms with Crippen LogP contribution in [0.2, 0.25) is 0 Å². The van der Waals surface area contributed by atoms with Crippen LogP contribution in [0.1, 0.15) is 37.4 Å². The largest absolute Gasteiger partial charge is 0.318 e. The van der Waals surface area contributed by atoms with Gasteiger partial charge in [-0.25, -0.2) is 13.4 Å². The molecule has 3 heterocycles. The van der Waals surface area contributed by atoms with Gasteiger partial charge in [-0.2, -0.15) is 0 Å². The number of imidazole rings is 1. The van der Waals surface area contributed by atoms with Gasteiger partial charge >= 0.3 is 0 Å². The zero-order chi connectivity index (χ0) is 20.3.